The van der Waals surface area contributed by atoms with E-state index < -0.39 is 5.97 Å². The van der Waals surface area contributed by atoms with Gasteiger partial charge in [0.2, 0.25) is 0 Å². The lowest BCUT2D eigenvalue weighted by molar-refractivity contribution is 0.0696. The number of nitrogens with one attached hydrogen (secondary N) is 1. The average Bonchev–Trinajstić information content (AvgIpc) is 2.30. The van der Waals surface area contributed by atoms with Gasteiger partial charge in [-0.2, -0.15) is 0 Å². The van der Waals surface area contributed by atoms with Crippen molar-refractivity contribution in [1.29, 1.82) is 0 Å². The first kappa shape index (κ1) is 12.2. The Hall–Kier alpha value is -2.30. The van der Waals surface area contributed by atoms with Gasteiger partial charge in [0, 0.05) is 23.9 Å². The van der Waals surface area contributed by atoms with Crippen molar-refractivity contribution in [2.45, 2.75) is 13.8 Å². The van der Waals surface area contributed by atoms with Crippen molar-refractivity contribution in [3.05, 3.63) is 45.9 Å². The lowest BCUT2D eigenvalue weighted by Gasteiger charge is -2.19. The molecule has 0 fully saturated rings. The van der Waals surface area contributed by atoms with Crippen molar-refractivity contribution in [3.63, 3.8) is 0 Å². The maximum Gasteiger partial charge on any atom is 0.338 e. The molecular formula is C13H14N2O3. The van der Waals surface area contributed by atoms with E-state index in [1.165, 1.54) is 12.1 Å². The first-order valence-electron chi connectivity index (χ1n) is 5.67. The number of aromatic carboxylic acids is 1. The maximum absolute atomic E-state index is 11.4. The van der Waals surface area contributed by atoms with Crippen LogP contribution in [0.15, 0.2) is 29.2 Å². The molecule has 1 aliphatic carbocycles. The molecule has 0 aromatic heterocycles. The molecule has 0 aromatic carbocycles. The standard InChI is InChI=1S/C13H14N2O3/c1-3-14-15-7-9-4-5-10(16)6-11(9)12(8(15)2)13(17)18/h4-7,14H,3H2,1-2H3,(H,17,18). The second-order valence-corrected chi connectivity index (χ2v) is 4.03. The van der Waals surface area contributed by atoms with Gasteiger partial charge in [-0.15, -0.1) is 0 Å². The Morgan fingerprint density at radius 2 is 2.17 bits per heavy atom. The Morgan fingerprint density at radius 1 is 1.44 bits per heavy atom. The summed E-state index contributed by atoms with van der Waals surface area (Å²) in [6, 6.07) is 4.43. The molecule has 1 aliphatic heterocycles. The first-order valence-corrected chi connectivity index (χ1v) is 5.67. The van der Waals surface area contributed by atoms with Crippen LogP contribution in [0.3, 0.4) is 0 Å². The number of aromatic nitrogens is 1. The predicted molar refractivity (Wildman–Crippen MR) is 68.9 cm³/mol. The second kappa shape index (κ2) is 4.52. The van der Waals surface area contributed by atoms with Crippen molar-refractivity contribution in [1.82, 2.24) is 4.68 Å². The number of nitrogens with zero attached hydrogens (tertiary/aromatic N) is 1. The molecule has 1 heterocycles. The third-order valence-electron chi connectivity index (χ3n) is 2.83. The summed E-state index contributed by atoms with van der Waals surface area (Å²) in [5.41, 5.74) is 4.79. The van der Waals surface area contributed by atoms with E-state index >= 15 is 0 Å². The Labute approximate surface area is 104 Å². The number of carbonyl (C=O) groups is 1. The Balaban J connectivity index is 2.83. The number of hydrogen-bond donors (Lipinski definition) is 2. The number of rotatable bonds is 3. The molecule has 0 spiro atoms. The van der Waals surface area contributed by atoms with Crippen LogP contribution >= 0.6 is 0 Å². The van der Waals surface area contributed by atoms with Crippen LogP contribution in [0.5, 0.6) is 0 Å². The van der Waals surface area contributed by atoms with Crippen molar-refractivity contribution in [3.8, 4) is 11.1 Å². The average molecular weight is 246 g/mol. The highest BCUT2D eigenvalue weighted by Crippen LogP contribution is 2.26. The quantitative estimate of drug-likeness (QED) is 0.861. The summed E-state index contributed by atoms with van der Waals surface area (Å²) in [6.45, 7) is 4.32. The van der Waals surface area contributed by atoms with E-state index in [-0.39, 0.29) is 11.0 Å². The highest BCUT2D eigenvalue weighted by molar-refractivity contribution is 5.97. The lowest BCUT2D eigenvalue weighted by Crippen LogP contribution is -2.21. The van der Waals surface area contributed by atoms with Crippen LogP contribution in [-0.4, -0.2) is 22.3 Å². The summed E-state index contributed by atoms with van der Waals surface area (Å²) >= 11 is 0. The van der Waals surface area contributed by atoms with Crippen LogP contribution in [0, 0.1) is 6.92 Å². The molecule has 2 aliphatic rings. The van der Waals surface area contributed by atoms with E-state index in [9.17, 15) is 14.7 Å². The Bertz CT molecular complexity index is 631. The molecule has 0 radical (unpaired) electrons. The van der Waals surface area contributed by atoms with Gasteiger partial charge in [-0.05, 0) is 32.0 Å². The van der Waals surface area contributed by atoms with Gasteiger partial charge in [0.05, 0.1) is 11.3 Å². The largest absolute Gasteiger partial charge is 0.478 e. The molecule has 94 valence electrons. The first-order chi connectivity index (χ1) is 8.54. The Morgan fingerprint density at radius 3 is 2.78 bits per heavy atom. The molecule has 2 N–H and O–H groups in total. The summed E-state index contributed by atoms with van der Waals surface area (Å²) in [4.78, 5) is 22.7. The van der Waals surface area contributed by atoms with Gasteiger partial charge < -0.3 is 10.5 Å². The molecule has 0 atom stereocenters. The minimum atomic E-state index is -1.03. The van der Waals surface area contributed by atoms with Crippen LogP contribution in [-0.2, 0) is 0 Å². The molecule has 0 aromatic rings. The summed E-state index contributed by atoms with van der Waals surface area (Å²) in [7, 11) is 0. The van der Waals surface area contributed by atoms with Crippen LogP contribution in [0.2, 0.25) is 0 Å². The lowest BCUT2D eigenvalue weighted by atomic mass is 9.98. The molecule has 0 amide bonds. The molecule has 0 saturated carbocycles. The van der Waals surface area contributed by atoms with Gasteiger partial charge in [0.25, 0.3) is 0 Å². The zero-order valence-corrected chi connectivity index (χ0v) is 10.2. The zero-order valence-electron chi connectivity index (χ0n) is 10.2. The predicted octanol–water partition coefficient (Wildman–Crippen LogP) is 1.52. The van der Waals surface area contributed by atoms with Crippen LogP contribution in [0.25, 0.3) is 11.1 Å². The molecule has 0 bridgehead atoms. The normalized spacial score (nSPS) is 10.6. The number of benzene rings is 1. The minimum absolute atomic E-state index is 0.158. The van der Waals surface area contributed by atoms with Gasteiger partial charge in [-0.1, -0.05) is 0 Å². The third-order valence-corrected chi connectivity index (χ3v) is 2.83. The monoisotopic (exact) mass is 246 g/mol. The van der Waals surface area contributed by atoms with Gasteiger partial charge in [-0.25, -0.2) is 4.79 Å². The van der Waals surface area contributed by atoms with Gasteiger partial charge >= 0.3 is 5.97 Å². The summed E-state index contributed by atoms with van der Waals surface area (Å²) in [6.07, 6.45) is 1.79. The van der Waals surface area contributed by atoms with E-state index in [0.717, 1.165) is 5.56 Å². The maximum atomic E-state index is 11.4. The summed E-state index contributed by atoms with van der Waals surface area (Å²) < 4.78 is 1.68. The van der Waals surface area contributed by atoms with Crippen molar-refractivity contribution in [2.24, 2.45) is 0 Å². The number of carboxylic acids is 1. The van der Waals surface area contributed by atoms with E-state index in [1.54, 1.807) is 23.9 Å². The smallest absolute Gasteiger partial charge is 0.338 e. The van der Waals surface area contributed by atoms with Crippen LogP contribution < -0.4 is 10.9 Å². The number of fused-ring (bicyclic) bond motifs is 1. The molecule has 2 rings (SSSR count). The number of carboxylic acid groups (broad SMARTS) is 1. The molecule has 5 nitrogen and oxygen atoms in total. The summed E-state index contributed by atoms with van der Waals surface area (Å²) in [5, 5.41) is 9.30. The Kier molecular flexibility index (Phi) is 3.06. The van der Waals surface area contributed by atoms with Crippen molar-refractivity contribution >= 4 is 5.97 Å². The van der Waals surface area contributed by atoms with Gasteiger partial charge in [0.1, 0.15) is 0 Å². The van der Waals surface area contributed by atoms with Crippen molar-refractivity contribution in [2.75, 3.05) is 12.0 Å². The topological polar surface area (TPSA) is 71.3 Å². The highest BCUT2D eigenvalue weighted by Gasteiger charge is 2.19. The van der Waals surface area contributed by atoms with E-state index in [1.807, 2.05) is 6.92 Å². The third kappa shape index (κ3) is 1.95. The second-order valence-electron chi connectivity index (χ2n) is 4.03. The van der Waals surface area contributed by atoms with Gasteiger partial charge in [-0.3, -0.25) is 9.47 Å². The molecule has 18 heavy (non-hydrogen) atoms. The van der Waals surface area contributed by atoms with E-state index in [2.05, 4.69) is 5.43 Å². The fourth-order valence-electron chi connectivity index (χ4n) is 2.02. The minimum Gasteiger partial charge on any atom is -0.478 e. The number of pyridine rings is 1. The summed E-state index contributed by atoms with van der Waals surface area (Å²) in [5.74, 6) is -1.03. The molecular weight excluding hydrogens is 232 g/mol. The number of hydrogen-bond acceptors (Lipinski definition) is 3. The van der Waals surface area contributed by atoms with E-state index in [4.69, 9.17) is 0 Å². The van der Waals surface area contributed by atoms with E-state index in [0.29, 0.717) is 17.8 Å². The molecule has 0 saturated heterocycles. The zero-order chi connectivity index (χ0) is 13.3. The highest BCUT2D eigenvalue weighted by atomic mass is 16.4. The van der Waals surface area contributed by atoms with Crippen LogP contribution in [0.1, 0.15) is 23.0 Å². The SMILES string of the molecule is CCNn1cc2ccc(=O)cc-2c(C(=O)O)c1C. The molecule has 0 unspecified atom stereocenters. The van der Waals surface area contributed by atoms with Crippen LogP contribution in [0.4, 0.5) is 0 Å². The van der Waals surface area contributed by atoms with Gasteiger partial charge in [0.15, 0.2) is 5.43 Å². The fourth-order valence-corrected chi connectivity index (χ4v) is 2.02. The molecule has 5 heteroatoms. The van der Waals surface area contributed by atoms with Crippen molar-refractivity contribution < 1.29 is 9.90 Å². The fraction of sp³-hybridized carbons (Fsp3) is 0.231.